The number of fused-ring (bicyclic) bond motifs is 1. The Morgan fingerprint density at radius 1 is 1.14 bits per heavy atom. The maximum absolute atomic E-state index is 5.95. The van der Waals surface area contributed by atoms with Gasteiger partial charge in [0.15, 0.2) is 0 Å². The van der Waals surface area contributed by atoms with Crippen molar-refractivity contribution in [2.75, 3.05) is 5.73 Å². The fraction of sp³-hybridized carbons (Fsp3) is 0.235. The highest BCUT2D eigenvalue weighted by Crippen LogP contribution is 2.25. The highest BCUT2D eigenvalue weighted by atomic mass is 16.4. The normalized spacial score (nSPS) is 12.2. The van der Waals surface area contributed by atoms with Crippen LogP contribution in [0.3, 0.4) is 0 Å². The molecule has 21 heavy (non-hydrogen) atoms. The Hall–Kier alpha value is -2.49. The van der Waals surface area contributed by atoms with E-state index in [-0.39, 0.29) is 0 Å². The summed E-state index contributed by atoms with van der Waals surface area (Å²) in [4.78, 5) is 4.65. The monoisotopic (exact) mass is 281 g/mol. The molecule has 0 aliphatic rings. The fourth-order valence-electron chi connectivity index (χ4n) is 2.54. The lowest BCUT2D eigenvalue weighted by atomic mass is 10.1. The Balaban J connectivity index is 2.19. The van der Waals surface area contributed by atoms with E-state index in [0.717, 1.165) is 35.0 Å². The van der Waals surface area contributed by atoms with Gasteiger partial charge in [0.1, 0.15) is 0 Å². The highest BCUT2D eigenvalue weighted by molar-refractivity contribution is 5.92. The molecule has 0 atom stereocenters. The second-order valence-corrected chi connectivity index (χ2v) is 5.11. The van der Waals surface area contributed by atoms with Gasteiger partial charge in [0.25, 0.3) is 0 Å². The van der Waals surface area contributed by atoms with Crippen LogP contribution in [0.5, 0.6) is 0 Å². The summed E-state index contributed by atoms with van der Waals surface area (Å²) in [6.07, 6.45) is 1.90. The van der Waals surface area contributed by atoms with E-state index in [9.17, 15) is 0 Å². The number of aromatic nitrogens is 1. The van der Waals surface area contributed by atoms with Gasteiger partial charge in [-0.05, 0) is 17.9 Å². The number of rotatable bonds is 3. The van der Waals surface area contributed by atoms with Gasteiger partial charge in [0.2, 0.25) is 5.88 Å². The molecule has 3 aromatic rings. The van der Waals surface area contributed by atoms with Crippen molar-refractivity contribution in [1.29, 1.82) is 0 Å². The molecule has 0 amide bonds. The van der Waals surface area contributed by atoms with Crippen LogP contribution in [0.4, 0.5) is 11.6 Å². The summed E-state index contributed by atoms with van der Waals surface area (Å²) in [6, 6.07) is 14.2. The van der Waals surface area contributed by atoms with Gasteiger partial charge in [0, 0.05) is 12.4 Å². The van der Waals surface area contributed by atoms with Crippen molar-refractivity contribution < 1.29 is 4.42 Å². The largest absolute Gasteiger partial charge is 0.407 e. The maximum atomic E-state index is 5.95. The van der Waals surface area contributed by atoms with E-state index in [0.29, 0.717) is 11.6 Å². The molecule has 0 spiro atoms. The zero-order valence-corrected chi connectivity index (χ0v) is 12.3. The first-order chi connectivity index (χ1) is 10.2. The molecule has 4 heteroatoms. The summed E-state index contributed by atoms with van der Waals surface area (Å²) in [7, 11) is 1.94. The summed E-state index contributed by atoms with van der Waals surface area (Å²) in [5.74, 6) is 0.457. The Kier molecular flexibility index (Phi) is 3.52. The standard InChI is InChI=1S/C17H19N3O/c1-3-7-15-16(18)21-17(20(15)2)19-14-11-6-9-12-8-4-5-10-13(12)14/h4-6,8-11H,3,7,18H2,1-2H3. The number of benzene rings is 2. The van der Waals surface area contributed by atoms with Crippen molar-refractivity contribution in [3.8, 4) is 0 Å². The van der Waals surface area contributed by atoms with E-state index >= 15 is 0 Å². The third-order valence-electron chi connectivity index (χ3n) is 3.65. The quantitative estimate of drug-likeness (QED) is 0.798. The van der Waals surface area contributed by atoms with Crippen molar-refractivity contribution in [1.82, 2.24) is 4.57 Å². The number of hydrogen-bond acceptors (Lipinski definition) is 3. The van der Waals surface area contributed by atoms with Gasteiger partial charge in [-0.3, -0.25) is 4.57 Å². The topological polar surface area (TPSA) is 56.4 Å². The molecule has 0 fully saturated rings. The molecule has 1 aromatic heterocycles. The summed E-state index contributed by atoms with van der Waals surface area (Å²) in [5, 5.41) is 2.27. The highest BCUT2D eigenvalue weighted by Gasteiger charge is 2.09. The maximum Gasteiger partial charge on any atom is 0.303 e. The SMILES string of the molecule is CCCc1c(N)oc(=Nc2cccc3ccccc23)n1C. The number of hydrogen-bond donors (Lipinski definition) is 1. The molecule has 4 nitrogen and oxygen atoms in total. The lowest BCUT2D eigenvalue weighted by Gasteiger charge is -2.01. The van der Waals surface area contributed by atoms with Gasteiger partial charge in [-0.1, -0.05) is 49.7 Å². The van der Waals surface area contributed by atoms with Crippen molar-refractivity contribution in [2.45, 2.75) is 19.8 Å². The van der Waals surface area contributed by atoms with Gasteiger partial charge in [-0.15, -0.1) is 0 Å². The van der Waals surface area contributed by atoms with Gasteiger partial charge in [-0.2, -0.15) is 4.99 Å². The molecular formula is C17H19N3O. The van der Waals surface area contributed by atoms with Crippen LogP contribution >= 0.6 is 0 Å². The fourth-order valence-corrected chi connectivity index (χ4v) is 2.54. The van der Waals surface area contributed by atoms with Crippen LogP contribution in [0.1, 0.15) is 19.0 Å². The van der Waals surface area contributed by atoms with E-state index in [4.69, 9.17) is 10.2 Å². The van der Waals surface area contributed by atoms with Gasteiger partial charge in [0.05, 0.1) is 11.4 Å². The smallest absolute Gasteiger partial charge is 0.303 e. The minimum absolute atomic E-state index is 0.457. The van der Waals surface area contributed by atoms with Gasteiger partial charge < -0.3 is 10.2 Å². The lowest BCUT2D eigenvalue weighted by molar-refractivity contribution is 0.492. The van der Waals surface area contributed by atoms with E-state index in [1.54, 1.807) is 0 Å². The molecule has 0 radical (unpaired) electrons. The predicted molar refractivity (Wildman–Crippen MR) is 85.3 cm³/mol. The van der Waals surface area contributed by atoms with Gasteiger partial charge >= 0.3 is 5.68 Å². The second kappa shape index (κ2) is 5.48. The van der Waals surface area contributed by atoms with Crippen LogP contribution in [-0.2, 0) is 13.5 Å². The van der Waals surface area contributed by atoms with E-state index in [1.807, 2.05) is 35.9 Å². The van der Waals surface area contributed by atoms with E-state index in [1.165, 1.54) is 0 Å². The first-order valence-corrected chi connectivity index (χ1v) is 7.17. The number of anilines is 1. The Morgan fingerprint density at radius 3 is 2.71 bits per heavy atom. The second-order valence-electron chi connectivity index (χ2n) is 5.11. The molecule has 2 N–H and O–H groups in total. The molecule has 2 aromatic carbocycles. The molecule has 0 saturated carbocycles. The van der Waals surface area contributed by atoms with Crippen LogP contribution in [0.15, 0.2) is 51.9 Å². The summed E-state index contributed by atoms with van der Waals surface area (Å²) in [5.41, 5.74) is 8.37. The molecule has 1 heterocycles. The number of nitrogens with two attached hydrogens (primary N) is 1. The van der Waals surface area contributed by atoms with Crippen molar-refractivity contribution in [2.24, 2.45) is 12.0 Å². The van der Waals surface area contributed by atoms with E-state index < -0.39 is 0 Å². The first-order valence-electron chi connectivity index (χ1n) is 7.17. The summed E-state index contributed by atoms with van der Waals surface area (Å²) < 4.78 is 7.56. The molecule has 0 unspecified atom stereocenters. The van der Waals surface area contributed by atoms with Crippen LogP contribution in [0, 0.1) is 0 Å². The van der Waals surface area contributed by atoms with Crippen molar-refractivity contribution in [3.63, 3.8) is 0 Å². The summed E-state index contributed by atoms with van der Waals surface area (Å²) >= 11 is 0. The average Bonchev–Trinajstić information content (AvgIpc) is 2.76. The molecular weight excluding hydrogens is 262 g/mol. The number of nitrogens with zero attached hydrogens (tertiary/aromatic N) is 2. The van der Waals surface area contributed by atoms with Crippen LogP contribution in [-0.4, -0.2) is 4.57 Å². The summed E-state index contributed by atoms with van der Waals surface area (Å²) in [6.45, 7) is 2.12. The molecule has 0 aliphatic heterocycles. The Bertz CT molecular complexity index is 837. The van der Waals surface area contributed by atoms with Gasteiger partial charge in [-0.25, -0.2) is 0 Å². The van der Waals surface area contributed by atoms with E-state index in [2.05, 4.69) is 30.1 Å². The van der Waals surface area contributed by atoms with Crippen LogP contribution < -0.4 is 11.4 Å². The van der Waals surface area contributed by atoms with Crippen LogP contribution in [0.25, 0.3) is 10.8 Å². The first kappa shape index (κ1) is 13.5. The van der Waals surface area contributed by atoms with Crippen molar-refractivity contribution in [3.05, 3.63) is 53.8 Å². The Labute approximate surface area is 123 Å². The number of oxazole rings is 1. The molecule has 0 bridgehead atoms. The minimum Gasteiger partial charge on any atom is -0.407 e. The number of nitrogen functional groups attached to an aromatic ring is 1. The predicted octanol–water partition coefficient (Wildman–Crippen LogP) is 3.54. The minimum atomic E-state index is 0.457. The zero-order valence-electron chi connectivity index (χ0n) is 12.3. The third-order valence-corrected chi connectivity index (χ3v) is 3.65. The zero-order chi connectivity index (χ0) is 14.8. The third kappa shape index (κ3) is 2.44. The molecule has 0 saturated heterocycles. The molecule has 3 rings (SSSR count). The van der Waals surface area contributed by atoms with Crippen molar-refractivity contribution >= 4 is 22.3 Å². The molecule has 0 aliphatic carbocycles. The molecule has 108 valence electrons. The average molecular weight is 281 g/mol. The van der Waals surface area contributed by atoms with Crippen LogP contribution in [0.2, 0.25) is 0 Å². The lowest BCUT2D eigenvalue weighted by Crippen LogP contribution is -2.14. The Morgan fingerprint density at radius 2 is 1.90 bits per heavy atom.